The van der Waals surface area contributed by atoms with Gasteiger partial charge in [0.2, 0.25) is 0 Å². The Morgan fingerprint density at radius 1 is 0.571 bits per heavy atom. The third kappa shape index (κ3) is 4.31. The largest absolute Gasteiger partial charge is 0.297 e. The molecule has 42 heavy (non-hydrogen) atoms. The Labute approximate surface area is 247 Å². The molecular weight excluding hydrogens is 510 g/mol. The number of aromatic nitrogens is 3. The molecule has 0 aliphatic rings. The quantitative estimate of drug-likeness (QED) is 0.199. The van der Waals surface area contributed by atoms with Gasteiger partial charge in [-0.15, -0.1) is 0 Å². The van der Waals surface area contributed by atoms with E-state index in [-0.39, 0.29) is 0 Å². The summed E-state index contributed by atoms with van der Waals surface area (Å²) in [6, 6.07) is 47.7. The molecule has 202 valence electrons. The minimum Gasteiger partial charge on any atom is -0.261 e. The molecule has 0 unspecified atom stereocenters. The number of nitrogens with zero attached hydrogens (tertiary/aromatic N) is 3. The van der Waals surface area contributed by atoms with Gasteiger partial charge in [-0.3, -0.25) is 4.98 Å². The van der Waals surface area contributed by atoms with Crippen LogP contribution < -0.4 is 4.57 Å². The lowest BCUT2D eigenvalue weighted by atomic mass is 9.90. The Bertz CT molecular complexity index is 1960. The molecule has 0 aliphatic carbocycles. The molecule has 0 amide bonds. The van der Waals surface area contributed by atoms with Crippen LogP contribution in [-0.4, -0.2) is 9.55 Å². The number of para-hydroxylation sites is 2. The molecule has 7 rings (SSSR count). The summed E-state index contributed by atoms with van der Waals surface area (Å²) in [5, 5.41) is 0. The van der Waals surface area contributed by atoms with Gasteiger partial charge in [-0.2, -0.15) is 4.57 Å². The summed E-state index contributed by atoms with van der Waals surface area (Å²) in [6.07, 6.45) is 1.90. The highest BCUT2D eigenvalue weighted by molar-refractivity contribution is 5.94. The zero-order chi connectivity index (χ0) is 28.6. The van der Waals surface area contributed by atoms with Crippen molar-refractivity contribution in [2.75, 3.05) is 0 Å². The first-order valence-electron chi connectivity index (χ1n) is 14.4. The van der Waals surface area contributed by atoms with Crippen LogP contribution in [0.3, 0.4) is 0 Å². The first-order chi connectivity index (χ1) is 20.6. The van der Waals surface area contributed by atoms with Gasteiger partial charge in [0.15, 0.2) is 11.0 Å². The van der Waals surface area contributed by atoms with Crippen LogP contribution in [0.5, 0.6) is 0 Å². The van der Waals surface area contributed by atoms with Gasteiger partial charge in [-0.25, -0.2) is 4.57 Å². The number of aryl methyl sites for hydroxylation is 3. The molecule has 2 aromatic heterocycles. The molecule has 0 saturated carbocycles. The minimum absolute atomic E-state index is 1.01. The minimum atomic E-state index is 1.01. The van der Waals surface area contributed by atoms with Crippen LogP contribution >= 0.6 is 0 Å². The molecular formula is C39H32N3+. The van der Waals surface area contributed by atoms with E-state index >= 15 is 0 Å². The topological polar surface area (TPSA) is 21.7 Å². The van der Waals surface area contributed by atoms with E-state index in [0.717, 1.165) is 28.3 Å². The van der Waals surface area contributed by atoms with Crippen LogP contribution in [0.15, 0.2) is 140 Å². The highest BCUT2D eigenvalue weighted by Crippen LogP contribution is 2.43. The van der Waals surface area contributed by atoms with Crippen molar-refractivity contribution in [3.8, 4) is 50.5 Å². The Hall–Kier alpha value is -5.28. The van der Waals surface area contributed by atoms with Crippen LogP contribution in [-0.2, 0) is 7.05 Å². The van der Waals surface area contributed by atoms with E-state index < -0.39 is 0 Å². The van der Waals surface area contributed by atoms with Crippen molar-refractivity contribution in [3.05, 3.63) is 151 Å². The summed E-state index contributed by atoms with van der Waals surface area (Å²) in [5.74, 6) is 1.11. The number of benzene rings is 5. The van der Waals surface area contributed by atoms with E-state index in [4.69, 9.17) is 4.98 Å². The van der Waals surface area contributed by atoms with Crippen molar-refractivity contribution in [2.45, 2.75) is 13.8 Å². The fourth-order valence-electron chi connectivity index (χ4n) is 6.20. The normalized spacial score (nSPS) is 11.2. The molecule has 0 aliphatic heterocycles. The Morgan fingerprint density at radius 3 is 1.67 bits per heavy atom. The van der Waals surface area contributed by atoms with E-state index in [0.29, 0.717) is 0 Å². The average Bonchev–Trinajstić information content (AvgIpc) is 3.33. The molecule has 0 spiro atoms. The number of fused-ring (bicyclic) bond motifs is 1. The first kappa shape index (κ1) is 25.7. The van der Waals surface area contributed by atoms with Crippen molar-refractivity contribution in [3.63, 3.8) is 0 Å². The van der Waals surface area contributed by atoms with Crippen molar-refractivity contribution < 1.29 is 4.57 Å². The lowest BCUT2D eigenvalue weighted by Gasteiger charge is -2.18. The summed E-state index contributed by atoms with van der Waals surface area (Å²) in [6.45, 7) is 4.29. The molecule has 0 bridgehead atoms. The smallest absolute Gasteiger partial charge is 0.261 e. The van der Waals surface area contributed by atoms with Gasteiger partial charge < -0.3 is 0 Å². The van der Waals surface area contributed by atoms with Crippen LogP contribution in [0.25, 0.3) is 61.5 Å². The van der Waals surface area contributed by atoms with Gasteiger partial charge in [0.05, 0.1) is 18.3 Å². The summed E-state index contributed by atoms with van der Waals surface area (Å²) in [4.78, 5) is 4.75. The van der Waals surface area contributed by atoms with E-state index in [1.807, 2.05) is 6.20 Å². The van der Waals surface area contributed by atoms with Crippen molar-refractivity contribution in [2.24, 2.45) is 7.05 Å². The van der Waals surface area contributed by atoms with Crippen LogP contribution in [0.2, 0.25) is 0 Å². The second-order valence-corrected chi connectivity index (χ2v) is 10.8. The summed E-state index contributed by atoms with van der Waals surface area (Å²) in [5.41, 5.74) is 13.9. The fraction of sp³-hybridized carbons (Fsp3) is 0.0769. The van der Waals surface area contributed by atoms with Gasteiger partial charge >= 0.3 is 0 Å². The summed E-state index contributed by atoms with van der Waals surface area (Å²) in [7, 11) is 2.17. The van der Waals surface area contributed by atoms with E-state index in [1.54, 1.807) is 0 Å². The zero-order valence-corrected chi connectivity index (χ0v) is 24.1. The maximum Gasteiger partial charge on any atom is 0.297 e. The zero-order valence-electron chi connectivity index (χ0n) is 24.1. The second kappa shape index (κ2) is 10.6. The lowest BCUT2D eigenvalue weighted by Crippen LogP contribution is -2.31. The predicted octanol–water partition coefficient (Wildman–Crippen LogP) is 9.13. The van der Waals surface area contributed by atoms with Crippen LogP contribution in [0.1, 0.15) is 11.3 Å². The Balaban J connectivity index is 1.70. The maximum atomic E-state index is 4.75. The molecule has 0 saturated heterocycles. The molecule has 0 fully saturated rings. The van der Waals surface area contributed by atoms with Crippen LogP contribution in [0, 0.1) is 13.8 Å². The van der Waals surface area contributed by atoms with Crippen LogP contribution in [0.4, 0.5) is 0 Å². The van der Waals surface area contributed by atoms with E-state index in [9.17, 15) is 0 Å². The maximum absolute atomic E-state index is 4.75. The van der Waals surface area contributed by atoms with Crippen molar-refractivity contribution in [1.82, 2.24) is 9.55 Å². The molecule has 0 atom stereocenters. The van der Waals surface area contributed by atoms with Gasteiger partial charge in [0.1, 0.15) is 5.69 Å². The van der Waals surface area contributed by atoms with Gasteiger partial charge in [0.25, 0.3) is 5.82 Å². The van der Waals surface area contributed by atoms with Crippen molar-refractivity contribution >= 4 is 11.0 Å². The number of hydrogen-bond acceptors (Lipinski definition) is 1. The molecule has 2 heterocycles. The molecule has 3 heteroatoms. The summed E-state index contributed by atoms with van der Waals surface area (Å²) >= 11 is 0. The average molecular weight is 543 g/mol. The fourth-order valence-corrected chi connectivity index (χ4v) is 6.20. The Kier molecular flexibility index (Phi) is 6.48. The second-order valence-electron chi connectivity index (χ2n) is 10.8. The molecule has 3 nitrogen and oxygen atoms in total. The predicted molar refractivity (Wildman–Crippen MR) is 173 cm³/mol. The van der Waals surface area contributed by atoms with E-state index in [2.05, 4.69) is 163 Å². The molecule has 5 aromatic carbocycles. The monoisotopic (exact) mass is 542 g/mol. The Morgan fingerprint density at radius 2 is 1.10 bits per heavy atom. The highest BCUT2D eigenvalue weighted by Gasteiger charge is 2.32. The van der Waals surface area contributed by atoms with E-state index in [1.165, 1.54) is 44.5 Å². The lowest BCUT2D eigenvalue weighted by molar-refractivity contribution is -0.633. The number of hydrogen-bond donors (Lipinski definition) is 0. The summed E-state index contributed by atoms with van der Waals surface area (Å²) < 4.78 is 4.78. The van der Waals surface area contributed by atoms with Gasteiger partial charge in [-0.1, -0.05) is 103 Å². The van der Waals surface area contributed by atoms with Crippen molar-refractivity contribution in [1.29, 1.82) is 0 Å². The molecule has 0 radical (unpaired) electrons. The number of imidazole rings is 1. The van der Waals surface area contributed by atoms with Gasteiger partial charge in [0, 0.05) is 17.3 Å². The number of rotatable bonds is 5. The highest BCUT2D eigenvalue weighted by atomic mass is 15.2. The van der Waals surface area contributed by atoms with Gasteiger partial charge in [-0.05, 0) is 72.0 Å². The first-order valence-corrected chi connectivity index (χ1v) is 14.4. The standard InChI is InChI=1S/C39H32N3/c1-27-23-24-40-28(2)37(27)39-41(3)35-21-13-14-22-36(35)42(39)38-33(30-17-9-5-10-18-30)25-32(29-15-7-4-8-16-29)26-34(38)31-19-11-6-12-20-31/h4-26H,1-3H3/q+1. The molecule has 7 aromatic rings. The third-order valence-corrected chi connectivity index (χ3v) is 8.20. The molecule has 0 N–H and O–H groups in total. The third-order valence-electron chi connectivity index (χ3n) is 8.20. The number of pyridine rings is 1. The SMILES string of the molecule is Cc1ccnc(C)c1-c1n(-c2c(-c3ccccc3)cc(-c3ccccc3)cc2-c2ccccc2)c2ccccc2[n+]1C.